The fourth-order valence-corrected chi connectivity index (χ4v) is 1.35. The number of rotatable bonds is 4. The van der Waals surface area contributed by atoms with E-state index in [9.17, 15) is 0 Å². The number of aromatic amines is 1. The summed E-state index contributed by atoms with van der Waals surface area (Å²) in [5.41, 5.74) is 1.90. The number of hydrogen-bond donors (Lipinski definition) is 2. The van der Waals surface area contributed by atoms with Gasteiger partial charge < -0.3 is 10.1 Å². The van der Waals surface area contributed by atoms with Gasteiger partial charge in [-0.05, 0) is 20.0 Å². The second-order valence-corrected chi connectivity index (χ2v) is 3.49. The van der Waals surface area contributed by atoms with E-state index in [2.05, 4.69) is 20.5 Å². The highest BCUT2D eigenvalue weighted by Crippen LogP contribution is 2.17. The molecule has 2 N–H and O–H groups in total. The minimum atomic E-state index is 0.534. The van der Waals surface area contributed by atoms with Crippen LogP contribution in [0.4, 0.5) is 0 Å². The van der Waals surface area contributed by atoms with Gasteiger partial charge in [-0.25, -0.2) is 4.98 Å². The molecule has 0 amide bonds. The third-order valence-electron chi connectivity index (χ3n) is 2.03. The number of aryl methyl sites for hydroxylation is 1. The molecule has 5 nitrogen and oxygen atoms in total. The number of pyridine rings is 1. The van der Waals surface area contributed by atoms with Crippen LogP contribution in [0.1, 0.15) is 11.4 Å². The van der Waals surface area contributed by atoms with Crippen molar-refractivity contribution in [2.24, 2.45) is 0 Å². The van der Waals surface area contributed by atoms with E-state index in [0.717, 1.165) is 17.9 Å². The standard InChI is InChI=1S/C11H14N4O/c1-8-6-11(15-14-8)16-10-5-3-4-9(13-10)7-12-2/h3-6,12H,7H2,1-2H3,(H,14,15). The Morgan fingerprint density at radius 3 is 2.94 bits per heavy atom. The summed E-state index contributed by atoms with van der Waals surface area (Å²) in [6, 6.07) is 7.49. The van der Waals surface area contributed by atoms with Crippen LogP contribution in [0.2, 0.25) is 0 Å². The molecule has 0 saturated heterocycles. The van der Waals surface area contributed by atoms with Crippen molar-refractivity contribution in [1.29, 1.82) is 0 Å². The number of ether oxygens (including phenoxy) is 1. The molecule has 2 heterocycles. The largest absolute Gasteiger partial charge is 0.419 e. The van der Waals surface area contributed by atoms with Crippen LogP contribution >= 0.6 is 0 Å². The van der Waals surface area contributed by atoms with E-state index in [1.807, 2.05) is 38.2 Å². The highest BCUT2D eigenvalue weighted by atomic mass is 16.5. The van der Waals surface area contributed by atoms with Gasteiger partial charge in [0.05, 0.1) is 5.69 Å². The van der Waals surface area contributed by atoms with Gasteiger partial charge in [-0.2, -0.15) is 0 Å². The second-order valence-electron chi connectivity index (χ2n) is 3.49. The summed E-state index contributed by atoms with van der Waals surface area (Å²) in [7, 11) is 1.88. The van der Waals surface area contributed by atoms with Crippen molar-refractivity contribution in [3.63, 3.8) is 0 Å². The van der Waals surface area contributed by atoms with Crippen molar-refractivity contribution >= 4 is 0 Å². The third-order valence-corrected chi connectivity index (χ3v) is 2.03. The first-order valence-corrected chi connectivity index (χ1v) is 5.08. The molecule has 2 aromatic heterocycles. The average molecular weight is 218 g/mol. The van der Waals surface area contributed by atoms with E-state index in [4.69, 9.17) is 4.74 Å². The number of H-pyrrole nitrogens is 1. The zero-order chi connectivity index (χ0) is 11.4. The van der Waals surface area contributed by atoms with Crippen molar-refractivity contribution in [3.8, 4) is 11.8 Å². The predicted octanol–water partition coefficient (Wildman–Crippen LogP) is 1.62. The number of aromatic nitrogens is 3. The number of hydrogen-bond acceptors (Lipinski definition) is 4. The highest BCUT2D eigenvalue weighted by molar-refractivity contribution is 5.22. The second kappa shape index (κ2) is 4.76. The van der Waals surface area contributed by atoms with Gasteiger partial charge in [-0.15, -0.1) is 5.10 Å². The molecular formula is C11H14N4O. The minimum absolute atomic E-state index is 0.534. The maximum Gasteiger partial charge on any atom is 0.240 e. The van der Waals surface area contributed by atoms with E-state index in [0.29, 0.717) is 11.8 Å². The molecule has 2 aromatic rings. The summed E-state index contributed by atoms with van der Waals surface area (Å²) < 4.78 is 5.50. The van der Waals surface area contributed by atoms with Gasteiger partial charge in [0.2, 0.25) is 11.8 Å². The summed E-state index contributed by atoms with van der Waals surface area (Å²) in [4.78, 5) is 4.33. The molecule has 0 unspecified atom stereocenters. The molecule has 2 rings (SSSR count). The van der Waals surface area contributed by atoms with Crippen molar-refractivity contribution in [2.75, 3.05) is 7.05 Å². The first kappa shape index (κ1) is 10.6. The van der Waals surface area contributed by atoms with Gasteiger partial charge in [-0.1, -0.05) is 6.07 Å². The summed E-state index contributed by atoms with van der Waals surface area (Å²) in [6.07, 6.45) is 0. The Kier molecular flexibility index (Phi) is 3.16. The van der Waals surface area contributed by atoms with E-state index < -0.39 is 0 Å². The molecule has 0 aliphatic heterocycles. The lowest BCUT2D eigenvalue weighted by Gasteiger charge is -2.03. The average Bonchev–Trinajstić information content (AvgIpc) is 2.65. The number of nitrogens with zero attached hydrogens (tertiary/aromatic N) is 2. The molecule has 16 heavy (non-hydrogen) atoms. The Morgan fingerprint density at radius 2 is 2.25 bits per heavy atom. The Bertz CT molecular complexity index is 467. The zero-order valence-corrected chi connectivity index (χ0v) is 9.32. The third kappa shape index (κ3) is 2.58. The van der Waals surface area contributed by atoms with Gasteiger partial charge in [0.15, 0.2) is 0 Å². The molecule has 0 fully saturated rings. The number of nitrogens with one attached hydrogen (secondary N) is 2. The van der Waals surface area contributed by atoms with Crippen LogP contribution in [0.15, 0.2) is 24.3 Å². The molecule has 0 atom stereocenters. The summed E-state index contributed by atoms with van der Waals surface area (Å²) >= 11 is 0. The summed E-state index contributed by atoms with van der Waals surface area (Å²) in [5, 5.41) is 9.84. The van der Waals surface area contributed by atoms with Crippen LogP contribution in [0, 0.1) is 6.92 Å². The normalized spacial score (nSPS) is 10.4. The van der Waals surface area contributed by atoms with Gasteiger partial charge >= 0.3 is 0 Å². The maximum absolute atomic E-state index is 5.50. The summed E-state index contributed by atoms with van der Waals surface area (Å²) in [5.74, 6) is 1.09. The van der Waals surface area contributed by atoms with E-state index in [-0.39, 0.29) is 0 Å². The van der Waals surface area contributed by atoms with Crippen molar-refractivity contribution < 1.29 is 4.74 Å². The van der Waals surface area contributed by atoms with Crippen LogP contribution in [0.3, 0.4) is 0 Å². The Balaban J connectivity index is 2.12. The first-order chi connectivity index (χ1) is 7.78. The van der Waals surface area contributed by atoms with Crippen molar-refractivity contribution in [2.45, 2.75) is 13.5 Å². The van der Waals surface area contributed by atoms with Gasteiger partial charge in [0.1, 0.15) is 0 Å². The van der Waals surface area contributed by atoms with E-state index in [1.54, 1.807) is 0 Å². The molecular weight excluding hydrogens is 204 g/mol. The van der Waals surface area contributed by atoms with Gasteiger partial charge in [-0.3, -0.25) is 5.10 Å². The Labute approximate surface area is 93.9 Å². The van der Waals surface area contributed by atoms with Crippen molar-refractivity contribution in [3.05, 3.63) is 35.7 Å². The lowest BCUT2D eigenvalue weighted by atomic mass is 10.3. The quantitative estimate of drug-likeness (QED) is 0.818. The van der Waals surface area contributed by atoms with Gasteiger partial charge in [0.25, 0.3) is 0 Å². The molecule has 0 aromatic carbocycles. The molecule has 0 aliphatic carbocycles. The van der Waals surface area contributed by atoms with Crippen molar-refractivity contribution in [1.82, 2.24) is 20.5 Å². The molecule has 0 radical (unpaired) electrons. The first-order valence-electron chi connectivity index (χ1n) is 5.08. The maximum atomic E-state index is 5.50. The van der Waals surface area contributed by atoms with Crippen LogP contribution in [-0.4, -0.2) is 22.2 Å². The van der Waals surface area contributed by atoms with Crippen LogP contribution in [0.5, 0.6) is 11.8 Å². The highest BCUT2D eigenvalue weighted by Gasteiger charge is 2.02. The van der Waals surface area contributed by atoms with Crippen LogP contribution in [-0.2, 0) is 6.54 Å². The molecule has 0 saturated carbocycles. The zero-order valence-electron chi connectivity index (χ0n) is 9.32. The Hall–Kier alpha value is -1.88. The SMILES string of the molecule is CNCc1cccc(Oc2cc(C)[nH]n2)n1. The predicted molar refractivity (Wildman–Crippen MR) is 60.4 cm³/mol. The smallest absolute Gasteiger partial charge is 0.240 e. The van der Waals surface area contributed by atoms with E-state index >= 15 is 0 Å². The minimum Gasteiger partial charge on any atom is -0.419 e. The molecule has 5 heteroatoms. The summed E-state index contributed by atoms with van der Waals surface area (Å²) in [6.45, 7) is 2.64. The Morgan fingerprint density at radius 1 is 1.38 bits per heavy atom. The molecule has 84 valence electrons. The lowest BCUT2D eigenvalue weighted by Crippen LogP contribution is -2.06. The molecule has 0 spiro atoms. The van der Waals surface area contributed by atoms with Gasteiger partial charge in [0, 0.05) is 24.4 Å². The van der Waals surface area contributed by atoms with E-state index in [1.165, 1.54) is 0 Å². The van der Waals surface area contributed by atoms with Crippen LogP contribution < -0.4 is 10.1 Å². The molecule has 0 aliphatic rings. The topological polar surface area (TPSA) is 62.8 Å². The fourth-order valence-electron chi connectivity index (χ4n) is 1.35. The van der Waals surface area contributed by atoms with Crippen LogP contribution in [0.25, 0.3) is 0 Å². The fraction of sp³-hybridized carbons (Fsp3) is 0.273. The molecule has 0 bridgehead atoms. The monoisotopic (exact) mass is 218 g/mol. The lowest BCUT2D eigenvalue weighted by molar-refractivity contribution is 0.441.